The summed E-state index contributed by atoms with van der Waals surface area (Å²) in [6, 6.07) is 11.1. The molecule has 1 aliphatic carbocycles. The van der Waals surface area contributed by atoms with Crippen LogP contribution in [-0.4, -0.2) is 4.98 Å². The second-order valence-corrected chi connectivity index (χ2v) is 6.74. The minimum Gasteiger partial charge on any atom is -0.361 e. The van der Waals surface area contributed by atoms with E-state index >= 15 is 0 Å². The lowest BCUT2D eigenvalue weighted by molar-refractivity contribution is 0.701. The summed E-state index contributed by atoms with van der Waals surface area (Å²) in [5, 5.41) is 4.85. The minimum absolute atomic E-state index is 0.934. The molecule has 4 rings (SSSR count). The smallest absolute Gasteiger partial charge is 0.0454 e. The lowest BCUT2D eigenvalue weighted by Gasteiger charge is -2.04. The minimum atomic E-state index is 0.934. The Bertz CT molecular complexity index is 717. The maximum Gasteiger partial charge on any atom is 0.0454 e. The topological polar surface area (TPSA) is 27.8 Å². The summed E-state index contributed by atoms with van der Waals surface area (Å²) in [7, 11) is 0. The number of rotatable bonds is 4. The number of nitrogens with one attached hydrogen (secondary N) is 2. The largest absolute Gasteiger partial charge is 0.361 e. The van der Waals surface area contributed by atoms with Gasteiger partial charge in [-0.3, -0.25) is 0 Å². The number of aryl methyl sites for hydroxylation is 2. The Labute approximate surface area is 122 Å². The third-order valence-corrected chi connectivity index (χ3v) is 5.28. The van der Waals surface area contributed by atoms with Gasteiger partial charge in [-0.05, 0) is 60.0 Å². The first kappa shape index (κ1) is 12.2. The molecule has 0 amide bonds. The van der Waals surface area contributed by atoms with E-state index < -0.39 is 0 Å². The molecule has 1 aromatic carbocycles. The number of aromatic nitrogens is 1. The van der Waals surface area contributed by atoms with Crippen molar-refractivity contribution in [3.05, 3.63) is 57.4 Å². The number of aromatic amines is 1. The highest BCUT2D eigenvalue weighted by molar-refractivity contribution is 7.12. The van der Waals surface area contributed by atoms with Crippen molar-refractivity contribution in [2.75, 3.05) is 0 Å². The predicted molar refractivity (Wildman–Crippen MR) is 85.2 cm³/mol. The van der Waals surface area contributed by atoms with Crippen molar-refractivity contribution < 1.29 is 0 Å². The van der Waals surface area contributed by atoms with Gasteiger partial charge in [0.1, 0.15) is 0 Å². The normalized spacial score (nSPS) is 14.0. The number of benzene rings is 1. The lowest BCUT2D eigenvalue weighted by atomic mass is 10.1. The number of hydrogen-bond donors (Lipinski definition) is 2. The Balaban J connectivity index is 1.39. The quantitative estimate of drug-likeness (QED) is 0.743. The van der Waals surface area contributed by atoms with Crippen molar-refractivity contribution in [2.24, 2.45) is 0 Å². The Morgan fingerprint density at radius 1 is 1.10 bits per heavy atom. The summed E-state index contributed by atoms with van der Waals surface area (Å²) in [6.07, 6.45) is 5.93. The van der Waals surface area contributed by atoms with Gasteiger partial charge < -0.3 is 10.3 Å². The van der Waals surface area contributed by atoms with Crippen molar-refractivity contribution in [2.45, 2.75) is 32.4 Å². The van der Waals surface area contributed by atoms with Crippen molar-refractivity contribution in [3.63, 3.8) is 0 Å². The molecule has 2 heterocycles. The van der Waals surface area contributed by atoms with Crippen LogP contribution in [0.15, 0.2) is 36.5 Å². The van der Waals surface area contributed by atoms with E-state index in [1.807, 2.05) is 17.5 Å². The van der Waals surface area contributed by atoms with Crippen molar-refractivity contribution in [1.82, 2.24) is 10.3 Å². The van der Waals surface area contributed by atoms with Crippen LogP contribution in [0.2, 0.25) is 0 Å². The van der Waals surface area contributed by atoms with E-state index in [0.717, 1.165) is 13.1 Å². The summed E-state index contributed by atoms with van der Waals surface area (Å²) in [5.41, 5.74) is 4.16. The highest BCUT2D eigenvalue weighted by atomic mass is 32.1. The number of H-pyrrole nitrogens is 1. The second-order valence-electron chi connectivity index (χ2n) is 5.52. The van der Waals surface area contributed by atoms with Crippen LogP contribution in [0.5, 0.6) is 0 Å². The second kappa shape index (κ2) is 5.08. The fourth-order valence-electron chi connectivity index (χ4n) is 3.02. The van der Waals surface area contributed by atoms with Gasteiger partial charge in [0.05, 0.1) is 0 Å². The van der Waals surface area contributed by atoms with E-state index in [1.165, 1.54) is 40.6 Å². The first-order valence-corrected chi connectivity index (χ1v) is 8.07. The average molecular weight is 282 g/mol. The van der Waals surface area contributed by atoms with Gasteiger partial charge in [0.2, 0.25) is 0 Å². The number of thiophene rings is 1. The molecule has 2 N–H and O–H groups in total. The van der Waals surface area contributed by atoms with Gasteiger partial charge in [-0.1, -0.05) is 6.07 Å². The zero-order valence-electron chi connectivity index (χ0n) is 11.4. The van der Waals surface area contributed by atoms with E-state index in [-0.39, 0.29) is 0 Å². The highest BCUT2D eigenvalue weighted by Gasteiger charge is 2.14. The standard InChI is InChI=1S/C17H18N2S/c1-2-14-9-15(20-17(14)3-1)11-18-10-12-4-5-16-13(8-12)6-7-19-16/h4-9,18-19H,1-3,10-11H2. The molecule has 0 saturated carbocycles. The summed E-state index contributed by atoms with van der Waals surface area (Å²) in [6.45, 7) is 1.92. The van der Waals surface area contributed by atoms with Crippen molar-refractivity contribution in [3.8, 4) is 0 Å². The van der Waals surface area contributed by atoms with E-state index in [0.29, 0.717) is 0 Å². The zero-order valence-corrected chi connectivity index (χ0v) is 12.2. The molecule has 0 saturated heterocycles. The van der Waals surface area contributed by atoms with Gasteiger partial charge in [0.15, 0.2) is 0 Å². The van der Waals surface area contributed by atoms with Crippen LogP contribution >= 0.6 is 11.3 Å². The zero-order chi connectivity index (χ0) is 13.4. The van der Waals surface area contributed by atoms with Crippen LogP contribution in [0.25, 0.3) is 10.9 Å². The van der Waals surface area contributed by atoms with Crippen molar-refractivity contribution in [1.29, 1.82) is 0 Å². The molecule has 2 nitrogen and oxygen atoms in total. The third-order valence-electron chi connectivity index (χ3n) is 4.04. The molecule has 2 aromatic heterocycles. The lowest BCUT2D eigenvalue weighted by Crippen LogP contribution is -2.11. The molecule has 102 valence electrons. The first-order chi connectivity index (χ1) is 9.88. The molecule has 0 unspecified atom stereocenters. The van der Waals surface area contributed by atoms with Gasteiger partial charge in [-0.2, -0.15) is 0 Å². The number of fused-ring (bicyclic) bond motifs is 2. The SMILES string of the molecule is c1cc2cc(CNCc3cc4c(s3)CCC4)ccc2[nH]1. The molecular weight excluding hydrogens is 264 g/mol. The molecule has 3 heteroatoms. The van der Waals surface area contributed by atoms with Crippen LogP contribution in [0.1, 0.15) is 27.3 Å². The highest BCUT2D eigenvalue weighted by Crippen LogP contribution is 2.30. The average Bonchev–Trinajstić information content (AvgIpc) is 3.12. The Hall–Kier alpha value is -1.58. The predicted octanol–water partition coefficient (Wildman–Crippen LogP) is 4.01. The molecule has 0 atom stereocenters. The van der Waals surface area contributed by atoms with E-state index in [2.05, 4.69) is 40.6 Å². The molecule has 0 radical (unpaired) electrons. The molecular formula is C17H18N2S. The summed E-state index contributed by atoms with van der Waals surface area (Å²) < 4.78 is 0. The van der Waals surface area contributed by atoms with Crippen LogP contribution in [-0.2, 0) is 25.9 Å². The van der Waals surface area contributed by atoms with E-state index in [4.69, 9.17) is 0 Å². The first-order valence-electron chi connectivity index (χ1n) is 7.26. The molecule has 0 spiro atoms. The molecule has 0 aliphatic heterocycles. The van der Waals surface area contributed by atoms with Gasteiger partial charge in [-0.15, -0.1) is 11.3 Å². The Morgan fingerprint density at radius 3 is 3.05 bits per heavy atom. The molecule has 0 bridgehead atoms. The van der Waals surface area contributed by atoms with Crippen LogP contribution in [0.4, 0.5) is 0 Å². The van der Waals surface area contributed by atoms with Crippen LogP contribution < -0.4 is 5.32 Å². The molecule has 1 aliphatic rings. The summed E-state index contributed by atoms with van der Waals surface area (Å²) >= 11 is 1.99. The van der Waals surface area contributed by atoms with Crippen LogP contribution in [0, 0.1) is 0 Å². The fraction of sp³-hybridized carbons (Fsp3) is 0.294. The Kier molecular flexibility index (Phi) is 3.09. The van der Waals surface area contributed by atoms with E-state index in [1.54, 1.807) is 10.4 Å². The molecule has 20 heavy (non-hydrogen) atoms. The maximum absolute atomic E-state index is 3.56. The summed E-state index contributed by atoms with van der Waals surface area (Å²) in [5.74, 6) is 0. The van der Waals surface area contributed by atoms with E-state index in [9.17, 15) is 0 Å². The molecule has 3 aromatic rings. The number of hydrogen-bond acceptors (Lipinski definition) is 2. The van der Waals surface area contributed by atoms with Gasteiger partial charge in [-0.25, -0.2) is 0 Å². The monoisotopic (exact) mass is 282 g/mol. The molecule has 0 fully saturated rings. The Morgan fingerprint density at radius 2 is 2.10 bits per heavy atom. The fourth-order valence-corrected chi connectivity index (χ4v) is 4.25. The summed E-state index contributed by atoms with van der Waals surface area (Å²) in [4.78, 5) is 6.34. The van der Waals surface area contributed by atoms with Crippen molar-refractivity contribution >= 4 is 22.2 Å². The van der Waals surface area contributed by atoms with Gasteiger partial charge in [0.25, 0.3) is 0 Å². The van der Waals surface area contributed by atoms with Gasteiger partial charge in [0, 0.05) is 34.6 Å². The third kappa shape index (κ3) is 2.28. The van der Waals surface area contributed by atoms with Crippen LogP contribution in [0.3, 0.4) is 0 Å². The van der Waals surface area contributed by atoms with Gasteiger partial charge >= 0.3 is 0 Å². The maximum atomic E-state index is 3.56.